The van der Waals surface area contributed by atoms with E-state index < -0.39 is 0 Å². The van der Waals surface area contributed by atoms with Gasteiger partial charge in [0, 0.05) is 18.0 Å². The average Bonchev–Trinajstić information content (AvgIpc) is 2.25. The van der Waals surface area contributed by atoms with Crippen molar-refractivity contribution >= 4 is 0 Å². The number of hydrogen-bond acceptors (Lipinski definition) is 3. The van der Waals surface area contributed by atoms with Crippen LogP contribution in [0.5, 0.6) is 0 Å². The van der Waals surface area contributed by atoms with Crippen LogP contribution in [0, 0.1) is 5.21 Å². The minimum Gasteiger partial charge on any atom is -0.359 e. The maximum absolute atomic E-state index is 10.9. The van der Waals surface area contributed by atoms with Gasteiger partial charge in [-0.05, 0) is 17.7 Å². The fraction of sp³-hybridized carbons (Fsp3) is 0.714. The van der Waals surface area contributed by atoms with Crippen LogP contribution in [0.15, 0.2) is 4.63 Å². The van der Waals surface area contributed by atoms with Gasteiger partial charge in [-0.1, -0.05) is 6.42 Å². The van der Waals surface area contributed by atoms with Crippen molar-refractivity contribution in [2.24, 2.45) is 0 Å². The molecule has 0 amide bonds. The Balaban J connectivity index is 2.35. The number of fused-ring (bicyclic) bond motifs is 1. The van der Waals surface area contributed by atoms with Crippen molar-refractivity contribution in [3.63, 3.8) is 0 Å². The first-order chi connectivity index (χ1) is 5.38. The lowest BCUT2D eigenvalue weighted by atomic mass is 10.2. The lowest BCUT2D eigenvalue weighted by Crippen LogP contribution is -2.28. The van der Waals surface area contributed by atoms with Crippen LogP contribution in [0.1, 0.15) is 30.7 Å². The molecule has 11 heavy (non-hydrogen) atoms. The Labute approximate surface area is 64.3 Å². The molecule has 0 spiro atoms. The van der Waals surface area contributed by atoms with Crippen LogP contribution >= 0.6 is 0 Å². The summed E-state index contributed by atoms with van der Waals surface area (Å²) in [6, 6.07) is 0. The van der Waals surface area contributed by atoms with Gasteiger partial charge in [-0.15, -0.1) is 0 Å². The van der Waals surface area contributed by atoms with E-state index >= 15 is 0 Å². The van der Waals surface area contributed by atoms with Gasteiger partial charge in [0.2, 0.25) is 5.69 Å². The lowest BCUT2D eigenvalue weighted by molar-refractivity contribution is -0.807. The first-order valence-corrected chi connectivity index (χ1v) is 3.95. The van der Waals surface area contributed by atoms with Gasteiger partial charge in [0.15, 0.2) is 5.69 Å². The minimum absolute atomic E-state index is 0.542. The molecule has 1 heterocycles. The quantitative estimate of drug-likeness (QED) is 0.405. The van der Waals surface area contributed by atoms with Crippen molar-refractivity contribution in [1.82, 2.24) is 5.16 Å². The molecule has 0 aliphatic heterocycles. The third kappa shape index (κ3) is 1.08. The minimum atomic E-state index is 0.542. The topological polar surface area (TPSA) is 53.0 Å². The molecule has 60 valence electrons. The molecule has 0 bridgehead atoms. The van der Waals surface area contributed by atoms with E-state index in [9.17, 15) is 5.21 Å². The summed E-state index contributed by atoms with van der Waals surface area (Å²) in [7, 11) is 0. The Morgan fingerprint density at radius 1 is 1.27 bits per heavy atom. The zero-order chi connectivity index (χ0) is 7.68. The first-order valence-electron chi connectivity index (χ1n) is 3.95. The van der Waals surface area contributed by atoms with Crippen molar-refractivity contribution < 1.29 is 9.53 Å². The number of nitrogens with zero attached hydrogens (tertiary/aromatic N) is 2. The maximum atomic E-state index is 10.9. The van der Waals surface area contributed by atoms with Crippen molar-refractivity contribution in [1.29, 1.82) is 0 Å². The van der Waals surface area contributed by atoms with Crippen LogP contribution in [-0.4, -0.2) is 5.16 Å². The molecule has 0 aromatic carbocycles. The van der Waals surface area contributed by atoms with Crippen LogP contribution in [0.25, 0.3) is 0 Å². The molecule has 1 aliphatic carbocycles. The number of aryl methyl sites for hydroxylation is 1. The number of aromatic nitrogens is 2. The summed E-state index contributed by atoms with van der Waals surface area (Å²) in [5.41, 5.74) is 1.60. The fourth-order valence-corrected chi connectivity index (χ4v) is 1.48. The molecule has 0 saturated carbocycles. The van der Waals surface area contributed by atoms with Crippen LogP contribution in [0.3, 0.4) is 0 Å². The molecular weight excluding hydrogens is 144 g/mol. The highest BCUT2D eigenvalue weighted by atomic mass is 16.8. The van der Waals surface area contributed by atoms with Gasteiger partial charge in [-0.25, -0.2) is 0 Å². The maximum Gasteiger partial charge on any atom is 0.221 e. The van der Waals surface area contributed by atoms with Gasteiger partial charge in [0.25, 0.3) is 0 Å². The summed E-state index contributed by atoms with van der Waals surface area (Å²) < 4.78 is 4.48. The zero-order valence-corrected chi connectivity index (χ0v) is 6.25. The van der Waals surface area contributed by atoms with E-state index in [2.05, 4.69) is 9.79 Å². The number of hydrogen-bond donors (Lipinski definition) is 0. The molecule has 1 aromatic heterocycles. The summed E-state index contributed by atoms with van der Waals surface area (Å²) >= 11 is 0. The van der Waals surface area contributed by atoms with E-state index in [0.717, 1.165) is 37.1 Å². The van der Waals surface area contributed by atoms with E-state index in [1.807, 2.05) is 0 Å². The first kappa shape index (κ1) is 6.64. The fourth-order valence-electron chi connectivity index (χ4n) is 1.48. The van der Waals surface area contributed by atoms with Gasteiger partial charge in [-0.2, -0.15) is 0 Å². The monoisotopic (exact) mass is 154 g/mol. The molecule has 0 saturated heterocycles. The van der Waals surface area contributed by atoms with Gasteiger partial charge >= 0.3 is 0 Å². The molecule has 2 rings (SSSR count). The molecule has 4 heteroatoms. The van der Waals surface area contributed by atoms with Gasteiger partial charge in [0.1, 0.15) is 0 Å². The summed E-state index contributed by atoms with van der Waals surface area (Å²) in [4.78, 5) is 0.542. The second-order valence-corrected chi connectivity index (χ2v) is 2.88. The largest absolute Gasteiger partial charge is 0.359 e. The molecule has 0 unspecified atom stereocenters. The highest BCUT2D eigenvalue weighted by Gasteiger charge is 2.20. The second-order valence-electron chi connectivity index (χ2n) is 2.88. The smallest absolute Gasteiger partial charge is 0.221 e. The number of rotatable bonds is 0. The van der Waals surface area contributed by atoms with Crippen LogP contribution in [-0.2, 0) is 12.8 Å². The third-order valence-corrected chi connectivity index (χ3v) is 2.11. The van der Waals surface area contributed by atoms with Crippen molar-refractivity contribution in [3.05, 3.63) is 16.6 Å². The molecule has 1 aliphatic rings. The van der Waals surface area contributed by atoms with Crippen molar-refractivity contribution in [2.75, 3.05) is 0 Å². The Bertz CT molecular complexity index is 257. The SMILES string of the molecule is [O-][n+]1onc2c1CCCCC2. The predicted octanol–water partition coefficient (Wildman–Crippen LogP) is 0.577. The molecule has 4 nitrogen and oxygen atoms in total. The Hall–Kier alpha value is -1.06. The third-order valence-electron chi connectivity index (χ3n) is 2.11. The molecule has 0 N–H and O–H groups in total. The Morgan fingerprint density at radius 3 is 3.00 bits per heavy atom. The summed E-state index contributed by atoms with van der Waals surface area (Å²) in [5.74, 6) is 0. The van der Waals surface area contributed by atoms with E-state index in [0.29, 0.717) is 4.90 Å². The normalized spacial score (nSPS) is 17.5. The molecule has 0 atom stereocenters. The highest BCUT2D eigenvalue weighted by Crippen LogP contribution is 2.15. The summed E-state index contributed by atoms with van der Waals surface area (Å²) in [5, 5.41) is 14.6. The van der Waals surface area contributed by atoms with E-state index in [4.69, 9.17) is 0 Å². The van der Waals surface area contributed by atoms with Gasteiger partial charge in [0.05, 0.1) is 0 Å². The van der Waals surface area contributed by atoms with Crippen LogP contribution in [0.4, 0.5) is 0 Å². The zero-order valence-electron chi connectivity index (χ0n) is 6.25. The van der Waals surface area contributed by atoms with E-state index in [1.54, 1.807) is 0 Å². The van der Waals surface area contributed by atoms with Crippen molar-refractivity contribution in [2.45, 2.75) is 32.1 Å². The van der Waals surface area contributed by atoms with Crippen molar-refractivity contribution in [3.8, 4) is 0 Å². The standard InChI is InChI=1S/C7H10N2O2/c10-9-7-5-3-1-2-4-6(7)8-11-9/h1-5H2. The van der Waals surface area contributed by atoms with E-state index in [-0.39, 0.29) is 0 Å². The average molecular weight is 154 g/mol. The predicted molar refractivity (Wildman–Crippen MR) is 36.7 cm³/mol. The molecule has 0 fully saturated rings. The van der Waals surface area contributed by atoms with Crippen LogP contribution < -0.4 is 4.90 Å². The second kappa shape index (κ2) is 2.53. The lowest BCUT2D eigenvalue weighted by Gasteiger charge is -1.91. The Kier molecular flexibility index (Phi) is 1.52. The molecular formula is C7H10N2O2. The van der Waals surface area contributed by atoms with Gasteiger partial charge in [-0.3, -0.25) is 4.63 Å². The van der Waals surface area contributed by atoms with Crippen LogP contribution in [0.2, 0.25) is 0 Å². The highest BCUT2D eigenvalue weighted by molar-refractivity contribution is 5.05. The summed E-state index contributed by atoms with van der Waals surface area (Å²) in [6.45, 7) is 0. The van der Waals surface area contributed by atoms with Gasteiger partial charge < -0.3 is 5.21 Å². The molecule has 0 radical (unpaired) electrons. The Morgan fingerprint density at radius 2 is 2.09 bits per heavy atom. The summed E-state index contributed by atoms with van der Waals surface area (Å²) in [6.07, 6.45) is 5.11. The van der Waals surface area contributed by atoms with E-state index in [1.165, 1.54) is 6.42 Å². The molecule has 1 aromatic rings.